The second-order valence-corrected chi connectivity index (χ2v) is 4.73. The molecule has 0 aliphatic heterocycles. The average molecular weight is 298 g/mol. The van der Waals surface area contributed by atoms with Gasteiger partial charge in [-0.3, -0.25) is 0 Å². The predicted molar refractivity (Wildman–Crippen MR) is 65.2 cm³/mol. The Balaban J connectivity index is 2.72. The fourth-order valence-corrected chi connectivity index (χ4v) is 1.69. The van der Waals surface area contributed by atoms with Crippen molar-refractivity contribution in [3.05, 3.63) is 15.6 Å². The molecule has 78 valence electrons. The number of halogens is 2. The van der Waals surface area contributed by atoms with Crippen molar-refractivity contribution in [3.8, 4) is 5.88 Å². The van der Waals surface area contributed by atoms with Gasteiger partial charge in [0.1, 0.15) is 10.8 Å². The van der Waals surface area contributed by atoms with Gasteiger partial charge >= 0.3 is 0 Å². The lowest BCUT2D eigenvalue weighted by Crippen LogP contribution is -2.03. The van der Waals surface area contributed by atoms with Crippen LogP contribution in [-0.2, 0) is 0 Å². The smallest absolute Gasteiger partial charge is 0.234 e. The lowest BCUT2D eigenvalue weighted by atomic mass is 10.4. The third-order valence-corrected chi connectivity index (χ3v) is 2.93. The minimum absolute atomic E-state index is 0.383. The molecule has 2 N–H and O–H groups in total. The first-order chi connectivity index (χ1) is 6.65. The summed E-state index contributed by atoms with van der Waals surface area (Å²) in [6, 6.07) is 1.68. The zero-order valence-corrected chi connectivity index (χ0v) is 10.7. The van der Waals surface area contributed by atoms with Crippen molar-refractivity contribution >= 4 is 45.1 Å². The van der Waals surface area contributed by atoms with Crippen molar-refractivity contribution in [2.45, 2.75) is 0 Å². The Hall–Kier alpha value is -0.130. The second-order valence-electron chi connectivity index (χ2n) is 2.48. The van der Waals surface area contributed by atoms with Gasteiger partial charge in [-0.05, 0) is 28.3 Å². The Morgan fingerprint density at radius 2 is 2.43 bits per heavy atom. The minimum Gasteiger partial charge on any atom is -0.476 e. The number of nitrogens with zero attached hydrogens (tertiary/aromatic N) is 1. The monoisotopic (exact) mass is 296 g/mol. The van der Waals surface area contributed by atoms with Crippen molar-refractivity contribution in [1.82, 2.24) is 4.98 Å². The average Bonchev–Trinajstić information content (AvgIpc) is 2.14. The van der Waals surface area contributed by atoms with E-state index in [4.69, 9.17) is 22.1 Å². The van der Waals surface area contributed by atoms with Crippen LogP contribution in [0.4, 0.5) is 5.82 Å². The SMILES string of the molecule is CSCCOc1nc(N)c(Br)cc1Cl. The van der Waals surface area contributed by atoms with Crippen LogP contribution in [0.25, 0.3) is 0 Å². The lowest BCUT2D eigenvalue weighted by Gasteiger charge is -2.07. The molecule has 0 aliphatic carbocycles. The van der Waals surface area contributed by atoms with E-state index in [1.807, 2.05) is 6.26 Å². The first-order valence-electron chi connectivity index (χ1n) is 3.88. The molecule has 0 spiro atoms. The Labute approximate surface area is 100 Å². The fraction of sp³-hybridized carbons (Fsp3) is 0.375. The van der Waals surface area contributed by atoms with Crippen LogP contribution >= 0.6 is 39.3 Å². The summed E-state index contributed by atoms with van der Waals surface area (Å²) in [5.74, 6) is 1.67. The minimum atomic E-state index is 0.383. The zero-order valence-electron chi connectivity index (χ0n) is 7.59. The summed E-state index contributed by atoms with van der Waals surface area (Å²) in [4.78, 5) is 4.01. The zero-order chi connectivity index (χ0) is 10.6. The summed E-state index contributed by atoms with van der Waals surface area (Å²) in [5, 5.41) is 0.465. The molecule has 0 saturated carbocycles. The van der Waals surface area contributed by atoms with E-state index in [-0.39, 0.29) is 0 Å². The summed E-state index contributed by atoms with van der Waals surface area (Å²) in [7, 11) is 0. The summed E-state index contributed by atoms with van der Waals surface area (Å²) in [6.07, 6.45) is 2.01. The van der Waals surface area contributed by atoms with E-state index in [2.05, 4.69) is 20.9 Å². The lowest BCUT2D eigenvalue weighted by molar-refractivity contribution is 0.331. The summed E-state index contributed by atoms with van der Waals surface area (Å²) >= 11 is 10.8. The molecule has 0 fully saturated rings. The second kappa shape index (κ2) is 5.68. The highest BCUT2D eigenvalue weighted by Gasteiger charge is 2.07. The third-order valence-electron chi connectivity index (χ3n) is 1.45. The van der Waals surface area contributed by atoms with Crippen LogP contribution in [-0.4, -0.2) is 23.6 Å². The van der Waals surface area contributed by atoms with E-state index in [0.717, 1.165) is 5.75 Å². The molecule has 1 aromatic rings. The van der Waals surface area contributed by atoms with Crippen LogP contribution in [0.15, 0.2) is 10.5 Å². The molecule has 0 saturated heterocycles. The van der Waals surface area contributed by atoms with Gasteiger partial charge in [-0.15, -0.1) is 0 Å². The van der Waals surface area contributed by atoms with Crippen LogP contribution in [0.5, 0.6) is 5.88 Å². The summed E-state index contributed by atoms with van der Waals surface area (Å²) in [5.41, 5.74) is 5.59. The molecule has 6 heteroatoms. The maximum Gasteiger partial charge on any atom is 0.234 e. The van der Waals surface area contributed by atoms with Crippen LogP contribution < -0.4 is 10.5 Å². The summed E-state index contributed by atoms with van der Waals surface area (Å²) < 4.78 is 6.03. The maximum atomic E-state index is 5.90. The first kappa shape index (κ1) is 11.9. The van der Waals surface area contributed by atoms with Crippen LogP contribution in [0.1, 0.15) is 0 Å². The van der Waals surface area contributed by atoms with Gasteiger partial charge in [-0.25, -0.2) is 0 Å². The van der Waals surface area contributed by atoms with E-state index in [1.165, 1.54) is 0 Å². The van der Waals surface area contributed by atoms with Gasteiger partial charge in [0.25, 0.3) is 0 Å². The molecule has 0 unspecified atom stereocenters. The number of anilines is 1. The number of nitrogen functional groups attached to an aromatic ring is 1. The number of pyridine rings is 1. The molecule has 0 amide bonds. The van der Waals surface area contributed by atoms with Gasteiger partial charge in [0.2, 0.25) is 5.88 Å². The number of thioether (sulfide) groups is 1. The highest BCUT2D eigenvalue weighted by molar-refractivity contribution is 9.10. The standard InChI is InChI=1S/C8H10BrClN2OS/c1-14-3-2-13-8-6(10)4-5(9)7(11)12-8/h4H,2-3H2,1H3,(H2,11,12). The molecular formula is C8H10BrClN2OS. The van der Waals surface area contributed by atoms with Crippen LogP contribution in [0.3, 0.4) is 0 Å². The van der Waals surface area contributed by atoms with Crippen LogP contribution in [0, 0.1) is 0 Å². The Bertz CT molecular complexity index is 324. The third kappa shape index (κ3) is 3.22. The van der Waals surface area contributed by atoms with Gasteiger partial charge in [-0.2, -0.15) is 16.7 Å². The van der Waals surface area contributed by atoms with Crippen molar-refractivity contribution in [1.29, 1.82) is 0 Å². The maximum absolute atomic E-state index is 5.90. The van der Waals surface area contributed by atoms with Gasteiger partial charge < -0.3 is 10.5 Å². The number of hydrogen-bond acceptors (Lipinski definition) is 4. The molecule has 0 atom stereocenters. The topological polar surface area (TPSA) is 48.1 Å². The molecular weight excluding hydrogens is 288 g/mol. The van der Waals surface area contributed by atoms with E-state index in [0.29, 0.717) is 27.8 Å². The molecule has 14 heavy (non-hydrogen) atoms. The summed E-state index contributed by atoms with van der Waals surface area (Å²) in [6.45, 7) is 0.578. The van der Waals surface area contributed by atoms with Gasteiger partial charge in [0, 0.05) is 5.75 Å². The largest absolute Gasteiger partial charge is 0.476 e. The van der Waals surface area contributed by atoms with Crippen molar-refractivity contribution in [2.24, 2.45) is 0 Å². The van der Waals surface area contributed by atoms with E-state index in [9.17, 15) is 0 Å². The number of rotatable bonds is 4. The molecule has 0 aliphatic rings. The van der Waals surface area contributed by atoms with Crippen molar-refractivity contribution in [3.63, 3.8) is 0 Å². The number of nitrogens with two attached hydrogens (primary N) is 1. The number of aromatic nitrogens is 1. The molecule has 1 heterocycles. The first-order valence-corrected chi connectivity index (χ1v) is 6.45. The number of hydrogen-bond donors (Lipinski definition) is 1. The molecule has 1 aromatic heterocycles. The Morgan fingerprint density at radius 1 is 1.71 bits per heavy atom. The van der Waals surface area contributed by atoms with E-state index < -0.39 is 0 Å². The Kier molecular flexibility index (Phi) is 4.84. The number of ether oxygens (including phenoxy) is 1. The normalized spacial score (nSPS) is 10.2. The van der Waals surface area contributed by atoms with Crippen molar-refractivity contribution in [2.75, 3.05) is 24.3 Å². The highest BCUT2D eigenvalue weighted by atomic mass is 79.9. The van der Waals surface area contributed by atoms with Gasteiger partial charge in [0.05, 0.1) is 11.1 Å². The van der Waals surface area contributed by atoms with Crippen molar-refractivity contribution < 1.29 is 4.74 Å². The van der Waals surface area contributed by atoms with E-state index in [1.54, 1.807) is 17.8 Å². The molecule has 1 rings (SSSR count). The predicted octanol–water partition coefficient (Wildman–Crippen LogP) is 2.82. The van der Waals surface area contributed by atoms with Gasteiger partial charge in [0.15, 0.2) is 0 Å². The van der Waals surface area contributed by atoms with Crippen LogP contribution in [0.2, 0.25) is 5.02 Å². The van der Waals surface area contributed by atoms with E-state index >= 15 is 0 Å². The van der Waals surface area contributed by atoms with Gasteiger partial charge in [-0.1, -0.05) is 11.6 Å². The molecule has 0 bridgehead atoms. The fourth-order valence-electron chi connectivity index (χ4n) is 0.786. The quantitative estimate of drug-likeness (QED) is 0.868. The highest BCUT2D eigenvalue weighted by Crippen LogP contribution is 2.29. The Morgan fingerprint density at radius 3 is 3.07 bits per heavy atom. The molecule has 3 nitrogen and oxygen atoms in total. The molecule has 0 radical (unpaired) electrons. The molecule has 0 aromatic carbocycles.